The van der Waals surface area contributed by atoms with E-state index in [0.29, 0.717) is 47.7 Å². The van der Waals surface area contributed by atoms with Gasteiger partial charge in [0.05, 0.1) is 12.0 Å². The molecular weight excluding hydrogens is 697 g/mol. The van der Waals surface area contributed by atoms with Gasteiger partial charge in [0.2, 0.25) is 5.95 Å². The predicted molar refractivity (Wildman–Crippen MR) is 187 cm³/mol. The minimum atomic E-state index is -5.08. The van der Waals surface area contributed by atoms with E-state index in [9.17, 15) is 23.4 Å². The lowest BCUT2D eigenvalue weighted by Gasteiger charge is -2.23. The Kier molecular flexibility index (Phi) is 11.3. The second kappa shape index (κ2) is 15.9. The molecule has 4 N–H and O–H groups in total. The standard InChI is InChI=1S/C34H40N8O4.C2HF3O2/c1-4-23-17-26(46-39-23)30-28(43)29(44)33(45-30)42-20-36-27-31(37-34(38-32(27)42)41-16-15-24(19-41)40(2)3)35-18-25(21-11-7-5-8-12-21)22-13-9-6-10-14-22;3-2(4,5)1(6)7/h5-14,17,20,24-25,28-30,33,43-44H,4,15-16,18-19H2,1-3H3,(H,35,37,38);(H,6,7)/t24-,28+,29-,30-,33-;/m1./s1. The number of hydrogen-bond donors (Lipinski definition) is 4. The Balaban J connectivity index is 0.000000626. The van der Waals surface area contributed by atoms with E-state index in [4.69, 9.17) is 34.1 Å². The molecule has 17 heteroatoms. The molecule has 0 aliphatic carbocycles. The molecule has 5 heterocycles. The summed E-state index contributed by atoms with van der Waals surface area (Å²) in [4.78, 5) is 28.0. The quantitative estimate of drug-likeness (QED) is 0.159. The van der Waals surface area contributed by atoms with E-state index in [1.807, 2.05) is 19.1 Å². The van der Waals surface area contributed by atoms with Crippen molar-refractivity contribution in [3.63, 3.8) is 0 Å². The summed E-state index contributed by atoms with van der Waals surface area (Å²) in [5.74, 6) is -1.16. The van der Waals surface area contributed by atoms with Crippen LogP contribution >= 0.6 is 0 Å². The number of fused-ring (bicyclic) bond motifs is 1. The number of imidazole rings is 1. The van der Waals surface area contributed by atoms with Crippen LogP contribution < -0.4 is 10.2 Å². The first kappa shape index (κ1) is 37.7. The number of carboxylic acid groups (broad SMARTS) is 1. The topological polar surface area (TPSA) is 175 Å². The number of nitrogens with zero attached hydrogens (tertiary/aromatic N) is 7. The van der Waals surface area contributed by atoms with Crippen molar-refractivity contribution in [1.82, 2.24) is 29.6 Å². The monoisotopic (exact) mass is 738 g/mol. The molecular formula is C36H41F3N8O6. The second-order valence-corrected chi connectivity index (χ2v) is 13.1. The minimum absolute atomic E-state index is 0.0636. The van der Waals surface area contributed by atoms with Crippen LogP contribution in [0.25, 0.3) is 11.2 Å². The number of likely N-dealkylation sites (N-methyl/N-ethyl adjacent to an activating group) is 1. The summed E-state index contributed by atoms with van der Waals surface area (Å²) in [5.41, 5.74) is 4.17. The lowest BCUT2D eigenvalue weighted by Crippen LogP contribution is -2.32. The van der Waals surface area contributed by atoms with Crippen LogP contribution in [0, 0.1) is 0 Å². The van der Waals surface area contributed by atoms with Crippen molar-refractivity contribution in [2.75, 3.05) is 43.9 Å². The molecule has 3 aromatic heterocycles. The summed E-state index contributed by atoms with van der Waals surface area (Å²) in [6.45, 7) is 4.14. The molecule has 2 aliphatic heterocycles. The number of nitrogens with one attached hydrogen (secondary N) is 1. The Hall–Kier alpha value is -5.10. The van der Waals surface area contributed by atoms with Gasteiger partial charge in [0.15, 0.2) is 29.0 Å². The first-order valence-corrected chi connectivity index (χ1v) is 17.1. The molecule has 0 spiro atoms. The molecule has 2 aromatic carbocycles. The molecule has 5 atom stereocenters. The first-order valence-electron chi connectivity index (χ1n) is 17.1. The highest BCUT2D eigenvalue weighted by atomic mass is 19.4. The fourth-order valence-corrected chi connectivity index (χ4v) is 6.45. The highest BCUT2D eigenvalue weighted by molar-refractivity contribution is 5.84. The van der Waals surface area contributed by atoms with Gasteiger partial charge >= 0.3 is 12.1 Å². The Morgan fingerprint density at radius 1 is 1.04 bits per heavy atom. The van der Waals surface area contributed by atoms with E-state index in [1.54, 1.807) is 17.0 Å². The molecule has 0 amide bonds. The van der Waals surface area contributed by atoms with Gasteiger partial charge in [-0.3, -0.25) is 4.57 Å². The number of aliphatic hydroxyl groups is 2. The van der Waals surface area contributed by atoms with Crippen LogP contribution in [0.5, 0.6) is 0 Å². The predicted octanol–water partition coefficient (Wildman–Crippen LogP) is 4.39. The second-order valence-electron chi connectivity index (χ2n) is 13.1. The number of alkyl halides is 3. The average molecular weight is 739 g/mol. The van der Waals surface area contributed by atoms with E-state index in [-0.39, 0.29) is 5.92 Å². The molecule has 53 heavy (non-hydrogen) atoms. The maximum atomic E-state index is 11.2. The normalized spacial score (nSPS) is 21.7. The number of carboxylic acids is 1. The third-order valence-electron chi connectivity index (χ3n) is 9.44. The van der Waals surface area contributed by atoms with Crippen molar-refractivity contribution in [1.29, 1.82) is 0 Å². The van der Waals surface area contributed by atoms with Gasteiger partial charge in [-0.25, -0.2) is 9.78 Å². The molecule has 2 fully saturated rings. The van der Waals surface area contributed by atoms with Gasteiger partial charge < -0.3 is 39.7 Å². The van der Waals surface area contributed by atoms with Crippen molar-refractivity contribution in [3.05, 3.63) is 95.6 Å². The van der Waals surface area contributed by atoms with Gasteiger partial charge in [0.25, 0.3) is 0 Å². The Labute approximate surface area is 302 Å². The van der Waals surface area contributed by atoms with Crippen LogP contribution in [0.3, 0.4) is 0 Å². The van der Waals surface area contributed by atoms with Gasteiger partial charge in [-0.1, -0.05) is 72.7 Å². The zero-order valence-electron chi connectivity index (χ0n) is 29.3. The van der Waals surface area contributed by atoms with E-state index in [2.05, 4.69) is 82.9 Å². The van der Waals surface area contributed by atoms with Gasteiger partial charge in [0.1, 0.15) is 18.3 Å². The van der Waals surface area contributed by atoms with Gasteiger partial charge in [0, 0.05) is 37.7 Å². The number of carbonyl (C=O) groups is 1. The number of aryl methyl sites for hydroxylation is 1. The Morgan fingerprint density at radius 3 is 2.23 bits per heavy atom. The molecule has 7 rings (SSSR count). The summed E-state index contributed by atoms with van der Waals surface area (Å²) in [5, 5.41) is 37.0. The molecule has 5 aromatic rings. The van der Waals surface area contributed by atoms with E-state index in [0.717, 1.165) is 25.2 Å². The van der Waals surface area contributed by atoms with E-state index >= 15 is 0 Å². The molecule has 282 valence electrons. The fraction of sp³-hybridized carbons (Fsp3) is 0.417. The highest BCUT2D eigenvalue weighted by Gasteiger charge is 2.47. The Bertz CT molecular complexity index is 1940. The van der Waals surface area contributed by atoms with Gasteiger partial charge in [-0.05, 0) is 38.1 Å². The lowest BCUT2D eigenvalue weighted by atomic mass is 9.91. The van der Waals surface area contributed by atoms with E-state index < -0.39 is 36.7 Å². The summed E-state index contributed by atoms with van der Waals surface area (Å²) in [7, 11) is 4.18. The molecule has 14 nitrogen and oxygen atoms in total. The number of benzene rings is 2. The molecule has 2 saturated heterocycles. The third-order valence-corrected chi connectivity index (χ3v) is 9.44. The summed E-state index contributed by atoms with van der Waals surface area (Å²) in [6, 6.07) is 22.9. The van der Waals surface area contributed by atoms with Gasteiger partial charge in [-0.2, -0.15) is 23.1 Å². The summed E-state index contributed by atoms with van der Waals surface area (Å²) in [6.07, 6.45) is -6.13. The number of ether oxygens (including phenoxy) is 1. The minimum Gasteiger partial charge on any atom is -0.475 e. The SMILES string of the molecule is CCc1cc([C@H]2O[C@@H](n3cnc4c(NCC(c5ccccc5)c5ccccc5)nc(N5CC[C@@H](N(C)C)C5)nc43)[C@H](O)[C@@H]2O)on1.O=C(O)C(F)(F)F. The number of rotatable bonds is 10. The Morgan fingerprint density at radius 2 is 1.68 bits per heavy atom. The van der Waals surface area contributed by atoms with Gasteiger partial charge in [-0.15, -0.1) is 0 Å². The van der Waals surface area contributed by atoms with E-state index in [1.165, 1.54) is 11.1 Å². The summed E-state index contributed by atoms with van der Waals surface area (Å²) < 4.78 is 45.1. The number of anilines is 2. The smallest absolute Gasteiger partial charge is 0.475 e. The molecule has 0 bridgehead atoms. The number of aliphatic hydroxyl groups excluding tert-OH is 2. The maximum Gasteiger partial charge on any atom is 0.490 e. The lowest BCUT2D eigenvalue weighted by molar-refractivity contribution is -0.192. The average Bonchev–Trinajstić information content (AvgIpc) is 3.96. The zero-order valence-corrected chi connectivity index (χ0v) is 29.3. The van der Waals surface area contributed by atoms with Crippen LogP contribution in [0.4, 0.5) is 24.9 Å². The highest BCUT2D eigenvalue weighted by Crippen LogP contribution is 2.41. The molecule has 0 radical (unpaired) electrons. The maximum absolute atomic E-state index is 11.2. The number of hydrogen-bond acceptors (Lipinski definition) is 12. The first-order chi connectivity index (χ1) is 25.3. The largest absolute Gasteiger partial charge is 0.490 e. The van der Waals surface area contributed by atoms with Crippen LogP contribution in [-0.2, 0) is 16.0 Å². The summed E-state index contributed by atoms with van der Waals surface area (Å²) >= 11 is 0. The van der Waals surface area contributed by atoms with Crippen molar-refractivity contribution < 1.29 is 42.5 Å². The third kappa shape index (κ3) is 8.27. The van der Waals surface area contributed by atoms with Crippen LogP contribution in [-0.4, -0.2) is 109 Å². The molecule has 0 unspecified atom stereocenters. The zero-order chi connectivity index (χ0) is 37.9. The molecule has 0 saturated carbocycles. The van der Waals surface area contributed by atoms with Crippen LogP contribution in [0.15, 0.2) is 77.6 Å². The molecule has 2 aliphatic rings. The van der Waals surface area contributed by atoms with Crippen molar-refractivity contribution in [2.45, 2.75) is 62.4 Å². The fourth-order valence-electron chi connectivity index (χ4n) is 6.45. The number of aliphatic carboxylic acids is 1. The number of halogens is 3. The van der Waals surface area contributed by atoms with Crippen LogP contribution in [0.2, 0.25) is 0 Å². The van der Waals surface area contributed by atoms with Crippen molar-refractivity contribution in [3.8, 4) is 0 Å². The van der Waals surface area contributed by atoms with Crippen molar-refractivity contribution in [2.24, 2.45) is 0 Å². The van der Waals surface area contributed by atoms with Crippen molar-refractivity contribution >= 4 is 28.9 Å². The number of aromatic nitrogens is 5. The van der Waals surface area contributed by atoms with Crippen LogP contribution in [0.1, 0.15) is 54.2 Å².